The van der Waals surface area contributed by atoms with E-state index in [0.29, 0.717) is 27.8 Å². The molecule has 2 aromatic rings. The molecule has 2 rings (SSSR count). The molecule has 0 aliphatic carbocycles. The summed E-state index contributed by atoms with van der Waals surface area (Å²) < 4.78 is 10.8. The normalized spacial score (nSPS) is 10.5. The largest absolute Gasteiger partial charge is 0.494 e. The van der Waals surface area contributed by atoms with Crippen molar-refractivity contribution in [1.82, 2.24) is 15.1 Å². The van der Waals surface area contributed by atoms with Crippen LogP contribution in [0.5, 0.6) is 5.75 Å². The van der Waals surface area contributed by atoms with Crippen LogP contribution in [0.25, 0.3) is 11.5 Å². The molecule has 0 aliphatic rings. The summed E-state index contributed by atoms with van der Waals surface area (Å²) in [6.07, 6.45) is 1.76. The quantitative estimate of drug-likeness (QED) is 0.812. The molecule has 0 saturated carbocycles. The van der Waals surface area contributed by atoms with E-state index in [9.17, 15) is 0 Å². The number of rotatable bonds is 4. The van der Waals surface area contributed by atoms with Gasteiger partial charge in [0.25, 0.3) is 0 Å². The van der Waals surface area contributed by atoms with Crippen LogP contribution in [0, 0.1) is 0 Å². The standard InChI is InChI=1S/C11H12BrN3O2/c1-3-4-9-14-11(15-17-9)7-5-6-8(16-2)10(12)13-7/h5-6H,3-4H2,1-2H3. The third kappa shape index (κ3) is 2.63. The highest BCUT2D eigenvalue weighted by Crippen LogP contribution is 2.25. The molecule has 90 valence electrons. The summed E-state index contributed by atoms with van der Waals surface area (Å²) in [6.45, 7) is 2.06. The van der Waals surface area contributed by atoms with Crippen LogP contribution in [0.1, 0.15) is 19.2 Å². The molecule has 0 N–H and O–H groups in total. The number of aryl methyl sites for hydroxylation is 1. The van der Waals surface area contributed by atoms with E-state index in [4.69, 9.17) is 9.26 Å². The minimum absolute atomic E-state index is 0.497. The highest BCUT2D eigenvalue weighted by Gasteiger charge is 2.11. The first-order chi connectivity index (χ1) is 8.24. The van der Waals surface area contributed by atoms with Gasteiger partial charge in [-0.05, 0) is 34.5 Å². The van der Waals surface area contributed by atoms with E-state index in [2.05, 4.69) is 38.0 Å². The molecule has 0 radical (unpaired) electrons. The zero-order valence-electron chi connectivity index (χ0n) is 9.61. The molecule has 0 atom stereocenters. The van der Waals surface area contributed by atoms with E-state index in [0.717, 1.165) is 12.8 Å². The Kier molecular flexibility index (Phi) is 3.73. The first kappa shape index (κ1) is 12.0. The summed E-state index contributed by atoms with van der Waals surface area (Å²) in [5.74, 6) is 1.80. The summed E-state index contributed by atoms with van der Waals surface area (Å²) in [7, 11) is 1.59. The lowest BCUT2D eigenvalue weighted by Crippen LogP contribution is -1.91. The molecule has 2 aromatic heterocycles. The Morgan fingerprint density at radius 3 is 2.82 bits per heavy atom. The number of aromatic nitrogens is 3. The minimum Gasteiger partial charge on any atom is -0.494 e. The van der Waals surface area contributed by atoms with Crippen LogP contribution < -0.4 is 4.74 Å². The predicted molar refractivity (Wildman–Crippen MR) is 65.8 cm³/mol. The fourth-order valence-corrected chi connectivity index (χ4v) is 1.86. The summed E-state index contributed by atoms with van der Waals surface area (Å²) in [5.41, 5.74) is 0.656. The van der Waals surface area contributed by atoms with Crippen LogP contribution in [0.4, 0.5) is 0 Å². The summed E-state index contributed by atoms with van der Waals surface area (Å²) in [4.78, 5) is 8.56. The molecule has 0 aromatic carbocycles. The molecule has 0 unspecified atom stereocenters. The van der Waals surface area contributed by atoms with Gasteiger partial charge in [0, 0.05) is 6.42 Å². The molecule has 0 spiro atoms. The Balaban J connectivity index is 2.29. The van der Waals surface area contributed by atoms with Crippen LogP contribution in [-0.2, 0) is 6.42 Å². The maximum Gasteiger partial charge on any atom is 0.226 e. The lowest BCUT2D eigenvalue weighted by Gasteiger charge is -2.02. The number of hydrogen-bond donors (Lipinski definition) is 0. The Hall–Kier alpha value is -1.43. The lowest BCUT2D eigenvalue weighted by molar-refractivity contribution is 0.377. The number of pyridine rings is 1. The van der Waals surface area contributed by atoms with E-state index in [-0.39, 0.29) is 0 Å². The highest BCUT2D eigenvalue weighted by atomic mass is 79.9. The second-order valence-electron chi connectivity index (χ2n) is 3.45. The molecule has 0 amide bonds. The first-order valence-electron chi connectivity index (χ1n) is 5.28. The van der Waals surface area contributed by atoms with E-state index in [1.165, 1.54) is 0 Å². The monoisotopic (exact) mass is 297 g/mol. The zero-order valence-corrected chi connectivity index (χ0v) is 11.2. The van der Waals surface area contributed by atoms with Gasteiger partial charge in [-0.2, -0.15) is 4.98 Å². The van der Waals surface area contributed by atoms with Gasteiger partial charge in [-0.25, -0.2) is 4.98 Å². The number of nitrogens with zero attached hydrogens (tertiary/aromatic N) is 3. The number of methoxy groups -OCH3 is 1. The number of ether oxygens (including phenoxy) is 1. The van der Waals surface area contributed by atoms with Gasteiger partial charge in [-0.15, -0.1) is 0 Å². The van der Waals surface area contributed by atoms with Gasteiger partial charge in [0.1, 0.15) is 10.3 Å². The molecular formula is C11H12BrN3O2. The third-order valence-corrected chi connectivity index (χ3v) is 2.76. The van der Waals surface area contributed by atoms with Crippen molar-refractivity contribution < 1.29 is 9.26 Å². The Labute approximate surface area is 107 Å². The summed E-state index contributed by atoms with van der Waals surface area (Å²) in [6, 6.07) is 3.60. The van der Waals surface area contributed by atoms with Crippen LogP contribution >= 0.6 is 15.9 Å². The minimum atomic E-state index is 0.497. The molecule has 5 nitrogen and oxygen atoms in total. The maximum atomic E-state index is 5.11. The van der Waals surface area contributed by atoms with Crippen LogP contribution in [0.3, 0.4) is 0 Å². The third-order valence-electron chi connectivity index (χ3n) is 2.20. The molecule has 0 fully saturated rings. The second kappa shape index (κ2) is 5.27. The van der Waals surface area contributed by atoms with Crippen molar-refractivity contribution >= 4 is 15.9 Å². The van der Waals surface area contributed by atoms with Crippen molar-refractivity contribution in [3.05, 3.63) is 22.6 Å². The maximum absolute atomic E-state index is 5.11. The molecule has 2 heterocycles. The molecule has 6 heteroatoms. The Bertz CT molecular complexity index is 513. The fourth-order valence-electron chi connectivity index (χ4n) is 1.37. The van der Waals surface area contributed by atoms with E-state index in [1.54, 1.807) is 13.2 Å². The van der Waals surface area contributed by atoms with Crippen molar-refractivity contribution in [1.29, 1.82) is 0 Å². The van der Waals surface area contributed by atoms with Crippen molar-refractivity contribution in [2.24, 2.45) is 0 Å². The lowest BCUT2D eigenvalue weighted by atomic mass is 10.3. The second-order valence-corrected chi connectivity index (χ2v) is 4.20. The van der Waals surface area contributed by atoms with Crippen molar-refractivity contribution in [3.8, 4) is 17.3 Å². The molecule has 0 aliphatic heterocycles. The van der Waals surface area contributed by atoms with E-state index in [1.807, 2.05) is 6.07 Å². The highest BCUT2D eigenvalue weighted by molar-refractivity contribution is 9.10. The Morgan fingerprint density at radius 2 is 2.18 bits per heavy atom. The zero-order chi connectivity index (χ0) is 12.3. The number of hydrogen-bond acceptors (Lipinski definition) is 5. The number of halogens is 1. The molecule has 0 saturated heterocycles. The average molecular weight is 298 g/mol. The average Bonchev–Trinajstić information content (AvgIpc) is 2.78. The van der Waals surface area contributed by atoms with Gasteiger partial charge < -0.3 is 9.26 Å². The Morgan fingerprint density at radius 1 is 1.35 bits per heavy atom. The van der Waals surface area contributed by atoms with Gasteiger partial charge in [-0.1, -0.05) is 12.1 Å². The van der Waals surface area contributed by atoms with Gasteiger partial charge >= 0.3 is 0 Å². The van der Waals surface area contributed by atoms with Crippen molar-refractivity contribution in [3.63, 3.8) is 0 Å². The topological polar surface area (TPSA) is 61.0 Å². The van der Waals surface area contributed by atoms with Crippen LogP contribution in [0.2, 0.25) is 0 Å². The van der Waals surface area contributed by atoms with Crippen molar-refractivity contribution in [2.75, 3.05) is 7.11 Å². The van der Waals surface area contributed by atoms with Crippen LogP contribution in [-0.4, -0.2) is 22.2 Å². The summed E-state index contributed by atoms with van der Waals surface area (Å²) >= 11 is 3.32. The van der Waals surface area contributed by atoms with Gasteiger partial charge in [0.05, 0.1) is 7.11 Å². The van der Waals surface area contributed by atoms with E-state index < -0.39 is 0 Å². The first-order valence-corrected chi connectivity index (χ1v) is 6.07. The molecule has 17 heavy (non-hydrogen) atoms. The SMILES string of the molecule is CCCc1nc(-c2ccc(OC)c(Br)n2)no1. The summed E-state index contributed by atoms with van der Waals surface area (Å²) in [5, 5.41) is 3.89. The van der Waals surface area contributed by atoms with Gasteiger partial charge in [0.2, 0.25) is 11.7 Å². The van der Waals surface area contributed by atoms with Gasteiger partial charge in [0.15, 0.2) is 5.75 Å². The fraction of sp³-hybridized carbons (Fsp3) is 0.364. The molecule has 0 bridgehead atoms. The van der Waals surface area contributed by atoms with Crippen LogP contribution in [0.15, 0.2) is 21.3 Å². The molecular weight excluding hydrogens is 286 g/mol. The van der Waals surface area contributed by atoms with Crippen molar-refractivity contribution in [2.45, 2.75) is 19.8 Å². The van der Waals surface area contributed by atoms with Gasteiger partial charge in [-0.3, -0.25) is 0 Å². The van der Waals surface area contributed by atoms with E-state index >= 15 is 0 Å². The predicted octanol–water partition coefficient (Wildman–Crippen LogP) is 2.86. The smallest absolute Gasteiger partial charge is 0.226 e.